The highest BCUT2D eigenvalue weighted by Crippen LogP contribution is 2.19. The Hall–Kier alpha value is -3.35. The number of carbonyl (C=O) groups excluding carboxylic acids is 2. The number of aromatic nitrogens is 1. The van der Waals surface area contributed by atoms with Crippen molar-refractivity contribution >= 4 is 22.8 Å². The van der Waals surface area contributed by atoms with E-state index in [4.69, 9.17) is 9.47 Å². The fourth-order valence-electron chi connectivity index (χ4n) is 2.91. The molecule has 7 heteroatoms. The van der Waals surface area contributed by atoms with Crippen molar-refractivity contribution in [2.24, 2.45) is 0 Å². The van der Waals surface area contributed by atoms with Crippen LogP contribution in [0.5, 0.6) is 5.75 Å². The summed E-state index contributed by atoms with van der Waals surface area (Å²) < 4.78 is 23.1. The Kier molecular flexibility index (Phi) is 6.26. The second-order valence-electron chi connectivity index (χ2n) is 6.26. The smallest absolute Gasteiger partial charge is 0.328 e. The Morgan fingerprint density at radius 1 is 1.14 bits per heavy atom. The summed E-state index contributed by atoms with van der Waals surface area (Å²) >= 11 is 0. The Morgan fingerprint density at radius 2 is 1.89 bits per heavy atom. The van der Waals surface area contributed by atoms with Gasteiger partial charge in [0.1, 0.15) is 17.6 Å². The van der Waals surface area contributed by atoms with Crippen LogP contribution in [0, 0.1) is 5.82 Å². The van der Waals surface area contributed by atoms with Gasteiger partial charge in [-0.15, -0.1) is 0 Å². The molecule has 1 amide bonds. The number of para-hydroxylation sites is 1. The molecular formula is C21H21FN2O4. The monoisotopic (exact) mass is 384 g/mol. The highest BCUT2D eigenvalue weighted by molar-refractivity contribution is 5.87. The molecule has 3 rings (SSSR count). The first-order valence-corrected chi connectivity index (χ1v) is 8.87. The van der Waals surface area contributed by atoms with Crippen LogP contribution in [0.4, 0.5) is 4.39 Å². The first-order chi connectivity index (χ1) is 13.6. The molecule has 0 spiro atoms. The van der Waals surface area contributed by atoms with Gasteiger partial charge in [-0.3, -0.25) is 4.79 Å². The molecule has 0 saturated carbocycles. The zero-order valence-electron chi connectivity index (χ0n) is 15.4. The zero-order valence-corrected chi connectivity index (χ0v) is 15.4. The normalized spacial score (nSPS) is 11.8. The molecule has 2 aromatic carbocycles. The number of esters is 1. The van der Waals surface area contributed by atoms with Gasteiger partial charge in [0, 0.05) is 23.5 Å². The molecule has 1 heterocycles. The highest BCUT2D eigenvalue weighted by Gasteiger charge is 2.23. The van der Waals surface area contributed by atoms with Crippen LogP contribution < -0.4 is 10.1 Å². The summed E-state index contributed by atoms with van der Waals surface area (Å²) in [4.78, 5) is 27.5. The summed E-state index contributed by atoms with van der Waals surface area (Å²) in [6, 6.07) is 12.5. The number of hydrogen-bond acceptors (Lipinski definition) is 4. The maximum absolute atomic E-state index is 12.9. The number of ether oxygens (including phenoxy) is 2. The lowest BCUT2D eigenvalue weighted by atomic mass is 10.0. The van der Waals surface area contributed by atoms with Crippen LogP contribution in [0.2, 0.25) is 0 Å². The van der Waals surface area contributed by atoms with Gasteiger partial charge in [0.15, 0.2) is 0 Å². The SMILES string of the molecule is COC(=O)C(Cc1c[nH]c2ccccc12)NC(=O)CCOc1ccc(F)cc1. The van der Waals surface area contributed by atoms with Crippen molar-refractivity contribution < 1.29 is 23.5 Å². The van der Waals surface area contributed by atoms with Gasteiger partial charge in [-0.2, -0.15) is 0 Å². The number of rotatable bonds is 8. The number of halogens is 1. The standard InChI is InChI=1S/C21H21FN2O4/c1-27-21(26)19(12-14-13-23-18-5-3-2-4-17(14)18)24-20(25)10-11-28-16-8-6-15(22)7-9-16/h2-9,13,19,23H,10-12H2,1H3,(H,24,25). The van der Waals surface area contributed by atoms with E-state index in [1.807, 2.05) is 30.5 Å². The van der Waals surface area contributed by atoms with Crippen molar-refractivity contribution in [3.63, 3.8) is 0 Å². The molecule has 0 radical (unpaired) electrons. The lowest BCUT2D eigenvalue weighted by Gasteiger charge is -2.16. The Bertz CT molecular complexity index is 952. The largest absolute Gasteiger partial charge is 0.493 e. The number of amides is 1. The third-order valence-corrected chi connectivity index (χ3v) is 4.33. The van der Waals surface area contributed by atoms with E-state index in [2.05, 4.69) is 10.3 Å². The van der Waals surface area contributed by atoms with E-state index in [9.17, 15) is 14.0 Å². The lowest BCUT2D eigenvalue weighted by Crippen LogP contribution is -2.43. The minimum absolute atomic E-state index is 0.0543. The number of aromatic amines is 1. The summed E-state index contributed by atoms with van der Waals surface area (Å²) in [5, 5.41) is 3.69. The van der Waals surface area contributed by atoms with Crippen LogP contribution in [0.3, 0.4) is 0 Å². The number of methoxy groups -OCH3 is 1. The minimum Gasteiger partial charge on any atom is -0.493 e. The van der Waals surface area contributed by atoms with Gasteiger partial charge < -0.3 is 19.8 Å². The lowest BCUT2D eigenvalue weighted by molar-refractivity contribution is -0.145. The molecular weight excluding hydrogens is 363 g/mol. The van der Waals surface area contributed by atoms with E-state index in [-0.39, 0.29) is 24.8 Å². The van der Waals surface area contributed by atoms with Gasteiger partial charge in [-0.1, -0.05) is 18.2 Å². The fourth-order valence-corrected chi connectivity index (χ4v) is 2.91. The molecule has 3 aromatic rings. The van der Waals surface area contributed by atoms with Crippen molar-refractivity contribution in [3.05, 3.63) is 66.1 Å². The Morgan fingerprint density at radius 3 is 2.64 bits per heavy atom. The number of nitrogens with one attached hydrogen (secondary N) is 2. The molecule has 146 valence electrons. The number of benzene rings is 2. The molecule has 2 N–H and O–H groups in total. The van der Waals surface area contributed by atoms with E-state index in [0.717, 1.165) is 16.5 Å². The average Bonchev–Trinajstić information content (AvgIpc) is 3.11. The summed E-state index contributed by atoms with van der Waals surface area (Å²) in [6.45, 7) is 0.110. The van der Waals surface area contributed by atoms with Gasteiger partial charge in [0.2, 0.25) is 5.91 Å². The molecule has 0 bridgehead atoms. The topological polar surface area (TPSA) is 80.4 Å². The predicted octanol–water partition coefficient (Wildman–Crippen LogP) is 2.98. The first kappa shape index (κ1) is 19.4. The van der Waals surface area contributed by atoms with E-state index in [1.54, 1.807) is 0 Å². The van der Waals surface area contributed by atoms with Gasteiger partial charge in [-0.05, 0) is 35.9 Å². The maximum Gasteiger partial charge on any atom is 0.328 e. The number of H-pyrrole nitrogens is 1. The van der Waals surface area contributed by atoms with Gasteiger partial charge >= 0.3 is 5.97 Å². The molecule has 28 heavy (non-hydrogen) atoms. The molecule has 0 aliphatic rings. The van der Waals surface area contributed by atoms with Crippen molar-refractivity contribution in [1.82, 2.24) is 10.3 Å². The fraction of sp³-hybridized carbons (Fsp3) is 0.238. The number of carbonyl (C=O) groups is 2. The van der Waals surface area contributed by atoms with E-state index < -0.39 is 12.0 Å². The summed E-state index contributed by atoms with van der Waals surface area (Å²) in [6.07, 6.45) is 2.18. The second kappa shape index (κ2) is 9.03. The van der Waals surface area contributed by atoms with Crippen LogP contribution in [-0.2, 0) is 20.7 Å². The summed E-state index contributed by atoms with van der Waals surface area (Å²) in [5.41, 5.74) is 1.87. The van der Waals surface area contributed by atoms with Crippen LogP contribution >= 0.6 is 0 Å². The van der Waals surface area contributed by atoms with Crippen molar-refractivity contribution in [2.75, 3.05) is 13.7 Å². The van der Waals surface area contributed by atoms with Crippen molar-refractivity contribution in [3.8, 4) is 5.75 Å². The van der Waals surface area contributed by atoms with Crippen LogP contribution in [0.1, 0.15) is 12.0 Å². The van der Waals surface area contributed by atoms with Crippen LogP contribution in [0.15, 0.2) is 54.7 Å². The van der Waals surface area contributed by atoms with Crippen molar-refractivity contribution in [1.29, 1.82) is 0 Å². The average molecular weight is 384 g/mol. The Labute approximate surface area is 161 Å². The summed E-state index contributed by atoms with van der Waals surface area (Å²) in [5.74, 6) is -0.740. The predicted molar refractivity (Wildman–Crippen MR) is 102 cm³/mol. The van der Waals surface area contributed by atoms with Gasteiger partial charge in [0.25, 0.3) is 0 Å². The minimum atomic E-state index is -0.803. The maximum atomic E-state index is 12.9. The quantitative estimate of drug-likeness (QED) is 0.585. The van der Waals surface area contributed by atoms with Gasteiger partial charge in [-0.25, -0.2) is 9.18 Å². The molecule has 0 fully saturated rings. The molecule has 0 aliphatic carbocycles. The third kappa shape index (κ3) is 4.88. The van der Waals surface area contributed by atoms with E-state index in [0.29, 0.717) is 12.2 Å². The molecule has 1 unspecified atom stereocenters. The molecule has 6 nitrogen and oxygen atoms in total. The summed E-state index contributed by atoms with van der Waals surface area (Å²) in [7, 11) is 1.29. The van der Waals surface area contributed by atoms with E-state index >= 15 is 0 Å². The third-order valence-electron chi connectivity index (χ3n) is 4.33. The Balaban J connectivity index is 1.58. The van der Waals surface area contributed by atoms with Crippen molar-refractivity contribution in [2.45, 2.75) is 18.9 Å². The first-order valence-electron chi connectivity index (χ1n) is 8.87. The van der Waals surface area contributed by atoms with Crippen LogP contribution in [0.25, 0.3) is 10.9 Å². The molecule has 1 atom stereocenters. The number of hydrogen-bond donors (Lipinski definition) is 2. The molecule has 1 aromatic heterocycles. The van der Waals surface area contributed by atoms with E-state index in [1.165, 1.54) is 31.4 Å². The van der Waals surface area contributed by atoms with Gasteiger partial charge in [0.05, 0.1) is 20.1 Å². The zero-order chi connectivity index (χ0) is 19.9. The molecule has 0 saturated heterocycles. The number of fused-ring (bicyclic) bond motifs is 1. The molecule has 0 aliphatic heterocycles. The highest BCUT2D eigenvalue weighted by atomic mass is 19.1. The second-order valence-corrected chi connectivity index (χ2v) is 6.26. The van der Waals surface area contributed by atoms with Crippen LogP contribution in [-0.4, -0.2) is 36.6 Å².